The van der Waals surface area contributed by atoms with Crippen LogP contribution in [0, 0.1) is 6.92 Å². The van der Waals surface area contributed by atoms with Crippen LogP contribution in [0.2, 0.25) is 5.02 Å². The molecule has 3 amide bonds. The molecule has 2 rings (SSSR count). The zero-order chi connectivity index (χ0) is 16.7. The van der Waals surface area contributed by atoms with Crippen molar-refractivity contribution in [3.63, 3.8) is 0 Å². The summed E-state index contributed by atoms with van der Waals surface area (Å²) in [7, 11) is 0. The largest absolute Gasteiger partial charge is 0.375 e. The predicted octanol–water partition coefficient (Wildman–Crippen LogP) is 3.09. The molecule has 0 aliphatic rings. The Morgan fingerprint density at radius 1 is 1.09 bits per heavy atom. The van der Waals surface area contributed by atoms with Crippen LogP contribution in [-0.2, 0) is 11.3 Å². The maximum atomic E-state index is 11.7. The highest BCUT2D eigenvalue weighted by Crippen LogP contribution is 2.22. The van der Waals surface area contributed by atoms with Gasteiger partial charge in [-0.2, -0.15) is 0 Å². The minimum Gasteiger partial charge on any atom is -0.375 e. The number of urea groups is 1. The lowest BCUT2D eigenvalue weighted by Crippen LogP contribution is -2.41. The second-order valence-corrected chi connectivity index (χ2v) is 5.46. The van der Waals surface area contributed by atoms with Crippen LogP contribution in [0.4, 0.5) is 10.5 Å². The number of nitrogens with one attached hydrogen (secondary N) is 3. The van der Waals surface area contributed by atoms with Gasteiger partial charge in [0, 0.05) is 6.54 Å². The average Bonchev–Trinajstić information content (AvgIpc) is 2.53. The molecule has 0 aliphatic heterocycles. The van der Waals surface area contributed by atoms with E-state index in [4.69, 9.17) is 11.6 Å². The van der Waals surface area contributed by atoms with Gasteiger partial charge in [0.05, 0.1) is 17.3 Å². The van der Waals surface area contributed by atoms with E-state index in [9.17, 15) is 9.59 Å². The van der Waals surface area contributed by atoms with Gasteiger partial charge >= 0.3 is 6.03 Å². The molecule has 5 nitrogen and oxygen atoms in total. The van der Waals surface area contributed by atoms with Crippen molar-refractivity contribution in [1.29, 1.82) is 0 Å². The first-order valence-electron chi connectivity index (χ1n) is 7.16. The van der Waals surface area contributed by atoms with E-state index in [1.54, 1.807) is 12.1 Å². The van der Waals surface area contributed by atoms with E-state index in [0.717, 1.165) is 11.1 Å². The summed E-state index contributed by atoms with van der Waals surface area (Å²) in [6, 6.07) is 14.4. The Hall–Kier alpha value is -2.53. The van der Waals surface area contributed by atoms with Crippen LogP contribution in [0.25, 0.3) is 0 Å². The fraction of sp³-hybridized carbons (Fsp3) is 0.176. The quantitative estimate of drug-likeness (QED) is 0.788. The molecule has 0 radical (unpaired) electrons. The zero-order valence-corrected chi connectivity index (χ0v) is 13.5. The first-order chi connectivity index (χ1) is 11.0. The molecule has 2 aromatic carbocycles. The summed E-state index contributed by atoms with van der Waals surface area (Å²) in [4.78, 5) is 23.4. The fourth-order valence-electron chi connectivity index (χ4n) is 1.93. The number of anilines is 1. The Morgan fingerprint density at radius 2 is 1.83 bits per heavy atom. The number of imide groups is 1. The van der Waals surface area contributed by atoms with E-state index in [2.05, 4.69) is 16.0 Å². The van der Waals surface area contributed by atoms with Gasteiger partial charge in [-0.25, -0.2) is 4.79 Å². The third-order valence-corrected chi connectivity index (χ3v) is 3.43. The van der Waals surface area contributed by atoms with Gasteiger partial charge in [0.1, 0.15) is 0 Å². The van der Waals surface area contributed by atoms with Crippen molar-refractivity contribution in [2.75, 3.05) is 11.9 Å². The summed E-state index contributed by atoms with van der Waals surface area (Å²) in [5, 5.41) is 8.31. The maximum Gasteiger partial charge on any atom is 0.321 e. The molecule has 0 fully saturated rings. The van der Waals surface area contributed by atoms with Crippen LogP contribution >= 0.6 is 11.6 Å². The molecule has 0 spiro atoms. The summed E-state index contributed by atoms with van der Waals surface area (Å²) in [6.45, 7) is 2.25. The number of aryl methyl sites for hydroxylation is 1. The molecule has 0 aromatic heterocycles. The predicted molar refractivity (Wildman–Crippen MR) is 91.5 cm³/mol. The summed E-state index contributed by atoms with van der Waals surface area (Å²) in [5.41, 5.74) is 2.64. The zero-order valence-electron chi connectivity index (χ0n) is 12.7. The van der Waals surface area contributed by atoms with Gasteiger partial charge in [-0.05, 0) is 30.2 Å². The molecular formula is C17H18ClN3O2. The number of rotatable bonds is 5. The van der Waals surface area contributed by atoms with Crippen LogP contribution < -0.4 is 16.0 Å². The van der Waals surface area contributed by atoms with Gasteiger partial charge < -0.3 is 10.6 Å². The number of amides is 3. The smallest absolute Gasteiger partial charge is 0.321 e. The topological polar surface area (TPSA) is 70.2 Å². The molecule has 2 aromatic rings. The molecule has 0 saturated carbocycles. The lowest BCUT2D eigenvalue weighted by atomic mass is 10.2. The summed E-state index contributed by atoms with van der Waals surface area (Å²) in [5.74, 6) is -0.438. The van der Waals surface area contributed by atoms with Gasteiger partial charge in [-0.15, -0.1) is 0 Å². The Labute approximate surface area is 140 Å². The Balaban J connectivity index is 1.74. The summed E-state index contributed by atoms with van der Waals surface area (Å²) < 4.78 is 0. The van der Waals surface area contributed by atoms with Gasteiger partial charge in [0.25, 0.3) is 0 Å². The van der Waals surface area contributed by atoms with Crippen LogP contribution in [-0.4, -0.2) is 18.5 Å². The van der Waals surface area contributed by atoms with Crippen molar-refractivity contribution in [1.82, 2.24) is 10.6 Å². The SMILES string of the molecule is Cc1ccc(NCC(=O)NC(=O)NCc2ccccc2)c(Cl)c1. The third kappa shape index (κ3) is 5.64. The Bertz CT molecular complexity index is 689. The van der Waals surface area contributed by atoms with Crippen LogP contribution in [0.5, 0.6) is 0 Å². The molecule has 3 N–H and O–H groups in total. The van der Waals surface area contributed by atoms with Crippen molar-refractivity contribution < 1.29 is 9.59 Å². The normalized spacial score (nSPS) is 10.0. The summed E-state index contributed by atoms with van der Waals surface area (Å²) >= 11 is 6.06. The van der Waals surface area contributed by atoms with Gasteiger partial charge in [-0.3, -0.25) is 10.1 Å². The first kappa shape index (κ1) is 16.8. The first-order valence-corrected chi connectivity index (χ1v) is 7.54. The van der Waals surface area contributed by atoms with E-state index in [-0.39, 0.29) is 6.54 Å². The molecule has 23 heavy (non-hydrogen) atoms. The highest BCUT2D eigenvalue weighted by molar-refractivity contribution is 6.33. The maximum absolute atomic E-state index is 11.7. The molecular weight excluding hydrogens is 314 g/mol. The van der Waals surface area contributed by atoms with Crippen molar-refractivity contribution >= 4 is 29.2 Å². The number of carbonyl (C=O) groups is 2. The minimum absolute atomic E-state index is 0.0401. The fourth-order valence-corrected chi connectivity index (χ4v) is 2.23. The standard InChI is InChI=1S/C17H18ClN3O2/c1-12-7-8-15(14(18)9-12)19-11-16(22)21-17(23)20-10-13-5-3-2-4-6-13/h2-9,19H,10-11H2,1H3,(H2,20,21,22,23). The van der Waals surface area contributed by atoms with E-state index in [1.807, 2.05) is 43.3 Å². The Morgan fingerprint density at radius 3 is 2.52 bits per heavy atom. The van der Waals surface area contributed by atoms with Gasteiger partial charge in [0.15, 0.2) is 0 Å². The van der Waals surface area contributed by atoms with Crippen molar-refractivity contribution in [3.8, 4) is 0 Å². The van der Waals surface area contributed by atoms with Crippen LogP contribution in [0.1, 0.15) is 11.1 Å². The van der Waals surface area contributed by atoms with E-state index < -0.39 is 11.9 Å². The van der Waals surface area contributed by atoms with Crippen molar-refractivity contribution in [2.24, 2.45) is 0 Å². The lowest BCUT2D eigenvalue weighted by Gasteiger charge is -2.10. The molecule has 0 heterocycles. The third-order valence-electron chi connectivity index (χ3n) is 3.11. The van der Waals surface area contributed by atoms with E-state index in [0.29, 0.717) is 17.3 Å². The van der Waals surface area contributed by atoms with Gasteiger partial charge in [0.2, 0.25) is 5.91 Å². The van der Waals surface area contributed by atoms with Crippen LogP contribution in [0.3, 0.4) is 0 Å². The molecule has 0 bridgehead atoms. The van der Waals surface area contributed by atoms with Crippen molar-refractivity contribution in [2.45, 2.75) is 13.5 Å². The average molecular weight is 332 g/mol. The number of halogens is 1. The summed E-state index contributed by atoms with van der Waals surface area (Å²) in [6.07, 6.45) is 0. The number of benzene rings is 2. The minimum atomic E-state index is -0.532. The highest BCUT2D eigenvalue weighted by Gasteiger charge is 2.08. The highest BCUT2D eigenvalue weighted by atomic mass is 35.5. The van der Waals surface area contributed by atoms with E-state index in [1.165, 1.54) is 0 Å². The molecule has 0 atom stereocenters. The van der Waals surface area contributed by atoms with E-state index >= 15 is 0 Å². The second kappa shape index (κ2) is 8.19. The molecule has 0 aliphatic carbocycles. The number of hydrogen-bond donors (Lipinski definition) is 3. The monoisotopic (exact) mass is 331 g/mol. The number of carbonyl (C=O) groups excluding carboxylic acids is 2. The Kier molecular flexibility index (Phi) is 6.00. The lowest BCUT2D eigenvalue weighted by molar-refractivity contribution is -0.118. The van der Waals surface area contributed by atoms with Gasteiger partial charge in [-0.1, -0.05) is 48.0 Å². The molecule has 120 valence electrons. The van der Waals surface area contributed by atoms with Crippen molar-refractivity contribution in [3.05, 3.63) is 64.7 Å². The molecule has 0 saturated heterocycles. The molecule has 0 unspecified atom stereocenters. The second-order valence-electron chi connectivity index (χ2n) is 5.05. The molecule has 6 heteroatoms. The number of hydrogen-bond acceptors (Lipinski definition) is 3. The van der Waals surface area contributed by atoms with Crippen LogP contribution in [0.15, 0.2) is 48.5 Å².